The molecule has 0 aliphatic rings. The van der Waals surface area contributed by atoms with Crippen molar-refractivity contribution in [2.45, 2.75) is 6.54 Å². The van der Waals surface area contributed by atoms with E-state index < -0.39 is 21.7 Å². The molecule has 0 fully saturated rings. The third kappa shape index (κ3) is 5.94. The predicted molar refractivity (Wildman–Crippen MR) is 126 cm³/mol. The SMILES string of the molecule is COc1ccc(C(=O)Nc2cc(Cl)ccc2OC)cc1CN(c1ccc(F)cc1)S(C)(=O)=O. The van der Waals surface area contributed by atoms with Crippen molar-refractivity contribution in [1.82, 2.24) is 0 Å². The number of hydrogen-bond donors (Lipinski definition) is 1. The summed E-state index contributed by atoms with van der Waals surface area (Å²) in [6.45, 7) is -0.130. The van der Waals surface area contributed by atoms with Gasteiger partial charge in [-0.05, 0) is 60.7 Å². The molecule has 3 aromatic carbocycles. The molecule has 174 valence electrons. The number of methoxy groups -OCH3 is 2. The lowest BCUT2D eigenvalue weighted by molar-refractivity contribution is 0.102. The van der Waals surface area contributed by atoms with E-state index in [2.05, 4.69) is 5.32 Å². The first kappa shape index (κ1) is 24.3. The highest BCUT2D eigenvalue weighted by Crippen LogP contribution is 2.30. The zero-order chi connectivity index (χ0) is 24.2. The van der Waals surface area contributed by atoms with Gasteiger partial charge in [0.25, 0.3) is 5.91 Å². The number of nitrogens with one attached hydrogen (secondary N) is 1. The Morgan fingerprint density at radius 2 is 1.64 bits per heavy atom. The van der Waals surface area contributed by atoms with Crippen LogP contribution in [0.1, 0.15) is 15.9 Å². The molecule has 33 heavy (non-hydrogen) atoms. The fraction of sp³-hybridized carbons (Fsp3) is 0.174. The van der Waals surface area contributed by atoms with Crippen molar-refractivity contribution in [3.63, 3.8) is 0 Å². The van der Waals surface area contributed by atoms with Crippen LogP contribution in [0.2, 0.25) is 5.02 Å². The van der Waals surface area contributed by atoms with Crippen LogP contribution in [0.25, 0.3) is 0 Å². The van der Waals surface area contributed by atoms with Gasteiger partial charge in [-0.1, -0.05) is 11.6 Å². The van der Waals surface area contributed by atoms with Crippen LogP contribution in [0.3, 0.4) is 0 Å². The lowest BCUT2D eigenvalue weighted by Crippen LogP contribution is -2.29. The highest BCUT2D eigenvalue weighted by atomic mass is 35.5. The van der Waals surface area contributed by atoms with E-state index in [9.17, 15) is 17.6 Å². The summed E-state index contributed by atoms with van der Waals surface area (Å²) in [5.74, 6) is -0.115. The molecule has 0 atom stereocenters. The van der Waals surface area contributed by atoms with Crippen LogP contribution in [0, 0.1) is 5.82 Å². The second-order valence-corrected chi connectivity index (χ2v) is 9.41. The number of carbonyl (C=O) groups excluding carboxylic acids is 1. The van der Waals surface area contributed by atoms with Crippen LogP contribution in [0.4, 0.5) is 15.8 Å². The highest BCUT2D eigenvalue weighted by molar-refractivity contribution is 7.92. The van der Waals surface area contributed by atoms with Crippen molar-refractivity contribution in [3.8, 4) is 11.5 Å². The number of amides is 1. The van der Waals surface area contributed by atoms with Gasteiger partial charge in [-0.15, -0.1) is 0 Å². The molecule has 0 aliphatic heterocycles. The zero-order valence-electron chi connectivity index (χ0n) is 18.1. The third-order valence-corrected chi connectivity index (χ3v) is 6.16. The van der Waals surface area contributed by atoms with Crippen molar-refractivity contribution in [3.05, 3.63) is 82.6 Å². The number of halogens is 2. The monoisotopic (exact) mass is 492 g/mol. The summed E-state index contributed by atoms with van der Waals surface area (Å²) in [6.07, 6.45) is 1.05. The van der Waals surface area contributed by atoms with E-state index in [0.717, 1.165) is 10.6 Å². The number of rotatable bonds is 8. The average Bonchev–Trinajstić information content (AvgIpc) is 2.77. The molecule has 0 unspecified atom stereocenters. The number of benzene rings is 3. The Morgan fingerprint density at radius 1 is 1.00 bits per heavy atom. The second-order valence-electron chi connectivity index (χ2n) is 7.07. The second kappa shape index (κ2) is 10.1. The summed E-state index contributed by atoms with van der Waals surface area (Å²) in [7, 11) is -0.811. The third-order valence-electron chi connectivity index (χ3n) is 4.78. The molecule has 0 saturated heterocycles. The van der Waals surface area contributed by atoms with Crippen LogP contribution in [-0.4, -0.2) is 34.8 Å². The number of sulfonamides is 1. The Labute approximate surface area is 196 Å². The van der Waals surface area contributed by atoms with E-state index in [1.54, 1.807) is 30.3 Å². The lowest BCUT2D eigenvalue weighted by Gasteiger charge is -2.24. The average molecular weight is 493 g/mol. The van der Waals surface area contributed by atoms with E-state index in [0.29, 0.717) is 27.8 Å². The molecule has 0 aliphatic carbocycles. The smallest absolute Gasteiger partial charge is 0.255 e. The summed E-state index contributed by atoms with van der Waals surface area (Å²) in [5, 5.41) is 3.16. The largest absolute Gasteiger partial charge is 0.496 e. The maximum atomic E-state index is 13.3. The Kier molecular flexibility index (Phi) is 7.45. The molecule has 7 nitrogen and oxygen atoms in total. The van der Waals surface area contributed by atoms with Gasteiger partial charge in [0.15, 0.2) is 0 Å². The normalized spacial score (nSPS) is 11.1. The van der Waals surface area contributed by atoms with Crippen molar-refractivity contribution in [2.24, 2.45) is 0 Å². The quantitative estimate of drug-likeness (QED) is 0.492. The molecule has 0 heterocycles. The number of hydrogen-bond acceptors (Lipinski definition) is 5. The van der Waals surface area contributed by atoms with Gasteiger partial charge in [0.05, 0.1) is 38.4 Å². The summed E-state index contributed by atoms with van der Waals surface area (Å²) in [5.41, 5.74) is 1.37. The molecule has 1 amide bonds. The zero-order valence-corrected chi connectivity index (χ0v) is 19.7. The van der Waals surface area contributed by atoms with Gasteiger partial charge in [-0.25, -0.2) is 12.8 Å². The predicted octanol–water partition coefficient (Wildman–Crippen LogP) is 4.71. The Hall–Kier alpha value is -3.30. The maximum Gasteiger partial charge on any atom is 0.255 e. The number of nitrogens with zero attached hydrogens (tertiary/aromatic N) is 1. The number of carbonyl (C=O) groups is 1. The highest BCUT2D eigenvalue weighted by Gasteiger charge is 2.21. The Morgan fingerprint density at radius 3 is 2.24 bits per heavy atom. The van der Waals surface area contributed by atoms with E-state index >= 15 is 0 Å². The van der Waals surface area contributed by atoms with Crippen molar-refractivity contribution in [1.29, 1.82) is 0 Å². The number of anilines is 2. The molecule has 10 heteroatoms. The Bertz CT molecular complexity index is 1270. The van der Waals surface area contributed by atoms with Gasteiger partial charge in [0.2, 0.25) is 10.0 Å². The van der Waals surface area contributed by atoms with Gasteiger partial charge < -0.3 is 14.8 Å². The molecule has 0 radical (unpaired) electrons. The molecule has 0 bridgehead atoms. The molecule has 0 saturated carbocycles. The maximum absolute atomic E-state index is 13.3. The summed E-state index contributed by atoms with van der Waals surface area (Å²) in [4.78, 5) is 12.9. The number of ether oxygens (including phenoxy) is 2. The van der Waals surface area contributed by atoms with Gasteiger partial charge in [-0.3, -0.25) is 9.10 Å². The first-order valence-corrected chi connectivity index (χ1v) is 11.9. The molecule has 0 aromatic heterocycles. The Balaban J connectivity index is 1.95. The van der Waals surface area contributed by atoms with Crippen molar-refractivity contribution < 1.29 is 27.1 Å². The standard InChI is InChI=1S/C23H22ClFN2O5S/c1-31-21-10-4-15(23(28)26-20-13-17(24)5-11-22(20)32-2)12-16(21)14-27(33(3,29)30)19-8-6-18(25)7-9-19/h4-13H,14H2,1-3H3,(H,26,28). The molecular formula is C23H22ClFN2O5S. The van der Waals surface area contributed by atoms with E-state index in [-0.39, 0.29) is 17.8 Å². The fourth-order valence-electron chi connectivity index (χ4n) is 3.18. The van der Waals surface area contributed by atoms with Gasteiger partial charge in [-0.2, -0.15) is 0 Å². The van der Waals surface area contributed by atoms with Crippen LogP contribution in [0.5, 0.6) is 11.5 Å². The van der Waals surface area contributed by atoms with Crippen molar-refractivity contribution >= 4 is 38.9 Å². The molecule has 3 aromatic rings. The van der Waals surface area contributed by atoms with E-state index in [1.165, 1.54) is 44.6 Å². The topological polar surface area (TPSA) is 84.9 Å². The van der Waals surface area contributed by atoms with Gasteiger partial charge in [0.1, 0.15) is 17.3 Å². The summed E-state index contributed by atoms with van der Waals surface area (Å²) < 4.78 is 50.0. The fourth-order valence-corrected chi connectivity index (χ4v) is 4.23. The molecule has 3 rings (SSSR count). The van der Waals surface area contributed by atoms with Crippen LogP contribution in [-0.2, 0) is 16.6 Å². The minimum Gasteiger partial charge on any atom is -0.496 e. The first-order valence-electron chi connectivity index (χ1n) is 9.67. The van der Waals surface area contributed by atoms with Gasteiger partial charge in [0, 0.05) is 16.1 Å². The van der Waals surface area contributed by atoms with Crippen LogP contribution < -0.4 is 19.1 Å². The van der Waals surface area contributed by atoms with Crippen LogP contribution in [0.15, 0.2) is 60.7 Å². The van der Waals surface area contributed by atoms with Gasteiger partial charge >= 0.3 is 0 Å². The molecule has 1 N–H and O–H groups in total. The van der Waals surface area contributed by atoms with Crippen molar-refractivity contribution in [2.75, 3.05) is 30.1 Å². The van der Waals surface area contributed by atoms with E-state index in [1.807, 2.05) is 0 Å². The first-order chi connectivity index (χ1) is 15.6. The lowest BCUT2D eigenvalue weighted by atomic mass is 10.1. The molecule has 0 spiro atoms. The summed E-state index contributed by atoms with van der Waals surface area (Å²) >= 11 is 6.03. The van der Waals surface area contributed by atoms with Crippen LogP contribution >= 0.6 is 11.6 Å². The molecular weight excluding hydrogens is 471 g/mol. The summed E-state index contributed by atoms with van der Waals surface area (Å²) in [6, 6.07) is 14.6. The minimum atomic E-state index is -3.73. The minimum absolute atomic E-state index is 0.130. The van der Waals surface area contributed by atoms with E-state index in [4.69, 9.17) is 21.1 Å².